The number of nitrogens with one attached hydrogen (secondary N) is 1. The van der Waals surface area contributed by atoms with E-state index < -0.39 is 0 Å². The van der Waals surface area contributed by atoms with Gasteiger partial charge in [-0.25, -0.2) is 0 Å². The van der Waals surface area contributed by atoms with Crippen LogP contribution in [0.4, 0.5) is 0 Å². The highest BCUT2D eigenvalue weighted by Crippen LogP contribution is 2.24. The van der Waals surface area contributed by atoms with Crippen LogP contribution in [-0.4, -0.2) is 47.5 Å². The van der Waals surface area contributed by atoms with Crippen LogP contribution in [0.25, 0.3) is 0 Å². The lowest BCUT2D eigenvalue weighted by Crippen LogP contribution is -2.47. The van der Waals surface area contributed by atoms with Gasteiger partial charge in [-0.1, -0.05) is 20.8 Å². The van der Waals surface area contributed by atoms with Crippen molar-refractivity contribution in [3.63, 3.8) is 0 Å². The lowest BCUT2D eigenvalue weighted by molar-refractivity contribution is -0.130. The molecule has 3 nitrogen and oxygen atoms in total. The van der Waals surface area contributed by atoms with Crippen LogP contribution in [0.1, 0.15) is 27.2 Å². The van der Waals surface area contributed by atoms with Gasteiger partial charge in [0, 0.05) is 23.6 Å². The van der Waals surface area contributed by atoms with Crippen LogP contribution >= 0.6 is 11.8 Å². The van der Waals surface area contributed by atoms with Gasteiger partial charge in [0.1, 0.15) is 0 Å². The number of hydrogen-bond donors (Lipinski definition) is 1. The van der Waals surface area contributed by atoms with Crippen molar-refractivity contribution in [2.24, 2.45) is 0 Å². The Hall–Kier alpha value is -0.220. The first-order valence-electron chi connectivity index (χ1n) is 5.77. The van der Waals surface area contributed by atoms with E-state index in [4.69, 9.17) is 0 Å². The Morgan fingerprint density at radius 1 is 1.40 bits per heavy atom. The van der Waals surface area contributed by atoms with Gasteiger partial charge >= 0.3 is 0 Å². The molecule has 0 spiro atoms. The maximum Gasteiger partial charge on any atom is 0.236 e. The number of thioether (sulfide) groups is 1. The number of hydrogen-bond acceptors (Lipinski definition) is 3. The molecule has 4 heteroatoms. The monoisotopic (exact) mass is 230 g/mol. The number of amides is 1. The quantitative estimate of drug-likeness (QED) is 0.740. The first kappa shape index (κ1) is 12.8. The summed E-state index contributed by atoms with van der Waals surface area (Å²) in [4.78, 5) is 13.8. The van der Waals surface area contributed by atoms with Crippen molar-refractivity contribution in [1.29, 1.82) is 0 Å². The van der Waals surface area contributed by atoms with Crippen molar-refractivity contribution in [2.45, 2.75) is 37.7 Å². The van der Waals surface area contributed by atoms with Crippen LogP contribution in [0.15, 0.2) is 0 Å². The molecule has 0 aromatic heterocycles. The minimum atomic E-state index is 0.252. The van der Waals surface area contributed by atoms with Crippen LogP contribution < -0.4 is 5.32 Å². The molecule has 1 aliphatic heterocycles. The van der Waals surface area contributed by atoms with E-state index in [1.54, 1.807) is 0 Å². The molecule has 1 saturated heterocycles. The second kappa shape index (κ2) is 6.38. The summed E-state index contributed by atoms with van der Waals surface area (Å²) in [5.41, 5.74) is 0. The fourth-order valence-electron chi connectivity index (χ4n) is 1.87. The summed E-state index contributed by atoms with van der Waals surface area (Å²) in [6.45, 7) is 9.74. The zero-order valence-electron chi connectivity index (χ0n) is 9.95. The Kier molecular flexibility index (Phi) is 5.47. The molecule has 1 heterocycles. The zero-order valence-corrected chi connectivity index (χ0v) is 10.8. The highest BCUT2D eigenvalue weighted by Gasteiger charge is 2.25. The molecular formula is C11H22N2OS. The maximum absolute atomic E-state index is 11.8. The topological polar surface area (TPSA) is 32.3 Å². The second-order valence-electron chi connectivity index (χ2n) is 4.23. The van der Waals surface area contributed by atoms with E-state index in [1.165, 1.54) is 0 Å². The van der Waals surface area contributed by atoms with Crippen LogP contribution in [0.2, 0.25) is 0 Å². The summed E-state index contributed by atoms with van der Waals surface area (Å²) >= 11 is 1.98. The fraction of sp³-hybridized carbons (Fsp3) is 0.909. The Labute approximate surface area is 97.0 Å². The van der Waals surface area contributed by atoms with Crippen molar-refractivity contribution < 1.29 is 4.79 Å². The van der Waals surface area contributed by atoms with Crippen LogP contribution in [0.5, 0.6) is 0 Å². The number of nitrogens with zero attached hydrogens (tertiary/aromatic N) is 1. The normalized spacial score (nSPS) is 26.7. The third kappa shape index (κ3) is 4.43. The van der Waals surface area contributed by atoms with Crippen LogP contribution in [-0.2, 0) is 4.79 Å². The summed E-state index contributed by atoms with van der Waals surface area (Å²) in [7, 11) is 0. The summed E-state index contributed by atoms with van der Waals surface area (Å²) in [5, 5.41) is 4.31. The summed E-state index contributed by atoms with van der Waals surface area (Å²) in [5.74, 6) is 0.252. The third-order valence-corrected chi connectivity index (χ3v) is 3.70. The van der Waals surface area contributed by atoms with E-state index in [-0.39, 0.29) is 5.91 Å². The average Bonchev–Trinajstić information content (AvgIpc) is 2.16. The van der Waals surface area contributed by atoms with Gasteiger partial charge in [-0.3, -0.25) is 4.79 Å². The van der Waals surface area contributed by atoms with Gasteiger partial charge in [0.05, 0.1) is 6.54 Å². The molecule has 1 N–H and O–H groups in total. The van der Waals surface area contributed by atoms with Gasteiger partial charge in [0.25, 0.3) is 0 Å². The maximum atomic E-state index is 11.8. The van der Waals surface area contributed by atoms with E-state index >= 15 is 0 Å². The first-order valence-corrected chi connectivity index (χ1v) is 6.71. The lowest BCUT2D eigenvalue weighted by Gasteiger charge is -2.34. The molecule has 0 aliphatic carbocycles. The molecule has 15 heavy (non-hydrogen) atoms. The van der Waals surface area contributed by atoms with Gasteiger partial charge in [-0.2, -0.15) is 11.8 Å². The van der Waals surface area contributed by atoms with Crippen LogP contribution in [0, 0.1) is 0 Å². The van der Waals surface area contributed by atoms with E-state index in [0.29, 0.717) is 17.0 Å². The van der Waals surface area contributed by atoms with Gasteiger partial charge in [-0.05, 0) is 13.0 Å². The first-order chi connectivity index (χ1) is 7.13. The average molecular weight is 230 g/mol. The summed E-state index contributed by atoms with van der Waals surface area (Å²) in [6, 6.07) is 0. The molecule has 0 saturated carbocycles. The zero-order chi connectivity index (χ0) is 11.3. The van der Waals surface area contributed by atoms with E-state index in [2.05, 4.69) is 26.1 Å². The van der Waals surface area contributed by atoms with Gasteiger partial charge in [0.15, 0.2) is 0 Å². The summed E-state index contributed by atoms with van der Waals surface area (Å²) in [6.07, 6.45) is 1.08. The molecule has 0 radical (unpaired) electrons. The second-order valence-corrected chi connectivity index (χ2v) is 6.11. The van der Waals surface area contributed by atoms with E-state index in [9.17, 15) is 4.79 Å². The van der Waals surface area contributed by atoms with Crippen molar-refractivity contribution in [2.75, 3.05) is 26.2 Å². The molecule has 0 aromatic rings. The fourth-order valence-corrected chi connectivity index (χ4v) is 3.19. The Balaban J connectivity index is 2.31. The van der Waals surface area contributed by atoms with Crippen molar-refractivity contribution in [1.82, 2.24) is 10.2 Å². The molecule has 2 unspecified atom stereocenters. The van der Waals surface area contributed by atoms with Gasteiger partial charge in [-0.15, -0.1) is 0 Å². The molecule has 0 aromatic carbocycles. The van der Waals surface area contributed by atoms with Crippen LogP contribution in [0.3, 0.4) is 0 Å². The minimum absolute atomic E-state index is 0.252. The number of carbonyl (C=O) groups is 1. The SMILES string of the molecule is CCCNCC(=O)N1CC(C)SC(C)C1. The smallest absolute Gasteiger partial charge is 0.236 e. The molecular weight excluding hydrogens is 208 g/mol. The molecule has 1 fully saturated rings. The van der Waals surface area contributed by atoms with Gasteiger partial charge in [0.2, 0.25) is 5.91 Å². The standard InChI is InChI=1S/C11H22N2OS/c1-4-5-12-6-11(14)13-7-9(2)15-10(3)8-13/h9-10,12H,4-8H2,1-3H3. The van der Waals surface area contributed by atoms with Crippen molar-refractivity contribution in [3.8, 4) is 0 Å². The summed E-state index contributed by atoms with van der Waals surface area (Å²) < 4.78 is 0. The molecule has 88 valence electrons. The van der Waals surface area contributed by atoms with E-state index in [1.807, 2.05) is 16.7 Å². The molecule has 1 amide bonds. The Morgan fingerprint density at radius 3 is 2.53 bits per heavy atom. The molecule has 1 rings (SSSR count). The predicted molar refractivity (Wildman–Crippen MR) is 66.3 cm³/mol. The molecule has 2 atom stereocenters. The Bertz CT molecular complexity index is 201. The van der Waals surface area contributed by atoms with Crippen molar-refractivity contribution in [3.05, 3.63) is 0 Å². The Morgan fingerprint density at radius 2 is 2.00 bits per heavy atom. The largest absolute Gasteiger partial charge is 0.339 e. The highest BCUT2D eigenvalue weighted by molar-refractivity contribution is 8.00. The lowest BCUT2D eigenvalue weighted by atomic mass is 10.3. The van der Waals surface area contributed by atoms with Gasteiger partial charge < -0.3 is 10.2 Å². The predicted octanol–water partition coefficient (Wildman–Crippen LogP) is 1.34. The number of carbonyl (C=O) groups excluding carboxylic acids is 1. The third-order valence-electron chi connectivity index (χ3n) is 2.48. The molecule has 0 bridgehead atoms. The van der Waals surface area contributed by atoms with Crippen molar-refractivity contribution >= 4 is 17.7 Å². The minimum Gasteiger partial charge on any atom is -0.339 e. The molecule has 1 aliphatic rings. The highest BCUT2D eigenvalue weighted by atomic mass is 32.2. The van der Waals surface area contributed by atoms with E-state index in [0.717, 1.165) is 26.1 Å². The number of rotatable bonds is 4.